The first-order valence-electron chi connectivity index (χ1n) is 13.5. The van der Waals surface area contributed by atoms with Crippen molar-refractivity contribution in [2.75, 3.05) is 13.7 Å². The van der Waals surface area contributed by atoms with E-state index in [1.54, 1.807) is 4.90 Å². The summed E-state index contributed by atoms with van der Waals surface area (Å²) in [6, 6.07) is 20.9. The molecule has 2 amide bonds. The monoisotopic (exact) mass is 545 g/mol. The Kier molecular flexibility index (Phi) is 9.72. The molecule has 4 rings (SSSR count). The number of rotatable bonds is 12. The molecule has 1 N–H and O–H groups in total. The molecule has 0 aliphatic heterocycles. The van der Waals surface area contributed by atoms with Gasteiger partial charge in [0.1, 0.15) is 11.8 Å². The number of methoxy groups -OCH3 is 1. The highest BCUT2D eigenvalue weighted by Crippen LogP contribution is 2.31. The third-order valence-electron chi connectivity index (χ3n) is 7.12. The molecule has 0 aromatic heterocycles. The highest BCUT2D eigenvalue weighted by atomic mass is 16.6. The highest BCUT2D eigenvalue weighted by molar-refractivity contribution is 5.88. The number of nitrogens with zero attached hydrogens (tertiary/aromatic N) is 2. The average molecular weight is 546 g/mol. The fraction of sp³-hybridized carbons (Fsp3) is 0.355. The molecular weight excluding hydrogens is 510 g/mol. The largest absolute Gasteiger partial charge is 0.490 e. The highest BCUT2D eigenvalue weighted by Gasteiger charge is 2.32. The number of hydrogen-bond donors (Lipinski definition) is 1. The molecule has 0 saturated heterocycles. The summed E-state index contributed by atoms with van der Waals surface area (Å²) in [5.41, 5.74) is 2.69. The lowest BCUT2D eigenvalue weighted by molar-refractivity contribution is -0.385. The van der Waals surface area contributed by atoms with Crippen LogP contribution in [0.4, 0.5) is 5.69 Å². The predicted molar refractivity (Wildman–Crippen MR) is 151 cm³/mol. The quantitative estimate of drug-likeness (QED) is 0.254. The van der Waals surface area contributed by atoms with Crippen LogP contribution in [0.15, 0.2) is 72.8 Å². The molecule has 40 heavy (non-hydrogen) atoms. The molecule has 1 fully saturated rings. The van der Waals surface area contributed by atoms with Gasteiger partial charge in [0.05, 0.1) is 12.0 Å². The molecule has 9 nitrogen and oxygen atoms in total. The maximum atomic E-state index is 13.8. The SMILES string of the molecule is COc1cc(OCC(=O)N(Cc2cccc(C)c2)[C@H](Cc2ccccc2)C(=O)NC2CCCC2)ccc1[N+](=O)[O-]. The van der Waals surface area contributed by atoms with Crippen molar-refractivity contribution < 1.29 is 24.0 Å². The molecule has 3 aromatic carbocycles. The van der Waals surface area contributed by atoms with Crippen molar-refractivity contribution in [2.24, 2.45) is 0 Å². The van der Waals surface area contributed by atoms with E-state index in [0.29, 0.717) is 6.42 Å². The summed E-state index contributed by atoms with van der Waals surface area (Å²) in [6.07, 6.45) is 4.36. The van der Waals surface area contributed by atoms with Crippen LogP contribution < -0.4 is 14.8 Å². The smallest absolute Gasteiger partial charge is 0.311 e. The second-order valence-electron chi connectivity index (χ2n) is 10.1. The number of nitro benzene ring substituents is 1. The molecule has 0 bridgehead atoms. The number of nitrogens with one attached hydrogen (secondary N) is 1. The summed E-state index contributed by atoms with van der Waals surface area (Å²) in [5.74, 6) is -0.277. The molecule has 1 atom stereocenters. The molecule has 210 valence electrons. The van der Waals surface area contributed by atoms with Crippen molar-refractivity contribution >= 4 is 17.5 Å². The average Bonchev–Trinajstić information content (AvgIpc) is 3.47. The van der Waals surface area contributed by atoms with Crippen LogP contribution in [-0.4, -0.2) is 47.4 Å². The van der Waals surface area contributed by atoms with Crippen LogP contribution >= 0.6 is 0 Å². The minimum Gasteiger partial charge on any atom is -0.490 e. The Balaban J connectivity index is 1.61. The van der Waals surface area contributed by atoms with Gasteiger partial charge in [0, 0.05) is 31.1 Å². The number of ether oxygens (including phenoxy) is 2. The lowest BCUT2D eigenvalue weighted by Crippen LogP contribution is -2.53. The summed E-state index contributed by atoms with van der Waals surface area (Å²) >= 11 is 0. The van der Waals surface area contributed by atoms with Crippen molar-refractivity contribution in [3.8, 4) is 11.5 Å². The van der Waals surface area contributed by atoms with Gasteiger partial charge < -0.3 is 19.7 Å². The van der Waals surface area contributed by atoms with Crippen molar-refractivity contribution in [3.05, 3.63) is 99.6 Å². The molecule has 1 aliphatic rings. The van der Waals surface area contributed by atoms with Gasteiger partial charge in [-0.2, -0.15) is 0 Å². The summed E-state index contributed by atoms with van der Waals surface area (Å²) in [6.45, 7) is 1.85. The van der Waals surface area contributed by atoms with Crippen LogP contribution in [0.3, 0.4) is 0 Å². The molecule has 3 aromatic rings. The van der Waals surface area contributed by atoms with E-state index < -0.39 is 11.0 Å². The van der Waals surface area contributed by atoms with Crippen LogP contribution in [0, 0.1) is 17.0 Å². The van der Waals surface area contributed by atoms with Crippen LogP contribution in [0.25, 0.3) is 0 Å². The summed E-state index contributed by atoms with van der Waals surface area (Å²) in [5, 5.41) is 14.4. The number of benzene rings is 3. The fourth-order valence-electron chi connectivity index (χ4n) is 5.06. The van der Waals surface area contributed by atoms with Gasteiger partial charge in [0.15, 0.2) is 6.61 Å². The maximum absolute atomic E-state index is 13.8. The van der Waals surface area contributed by atoms with Gasteiger partial charge in [-0.15, -0.1) is 0 Å². The Morgan fingerprint density at radius 3 is 2.42 bits per heavy atom. The first-order valence-corrected chi connectivity index (χ1v) is 13.5. The van der Waals surface area contributed by atoms with E-state index in [0.717, 1.165) is 42.4 Å². The van der Waals surface area contributed by atoms with Crippen LogP contribution in [0.5, 0.6) is 11.5 Å². The molecule has 9 heteroatoms. The molecule has 1 aliphatic carbocycles. The predicted octanol–water partition coefficient (Wildman–Crippen LogP) is 4.99. The molecule has 1 saturated carbocycles. The van der Waals surface area contributed by atoms with Crippen LogP contribution in [-0.2, 0) is 22.6 Å². The van der Waals surface area contributed by atoms with Gasteiger partial charge in [-0.3, -0.25) is 19.7 Å². The van der Waals surface area contributed by atoms with E-state index >= 15 is 0 Å². The topological polar surface area (TPSA) is 111 Å². The van der Waals surface area contributed by atoms with Gasteiger partial charge in [-0.1, -0.05) is 73.0 Å². The second-order valence-corrected chi connectivity index (χ2v) is 10.1. The normalized spacial score (nSPS) is 13.8. The van der Waals surface area contributed by atoms with Crippen molar-refractivity contribution in [3.63, 3.8) is 0 Å². The summed E-state index contributed by atoms with van der Waals surface area (Å²) in [4.78, 5) is 39.8. The number of carbonyl (C=O) groups is 2. The Morgan fingerprint density at radius 1 is 1.02 bits per heavy atom. The van der Waals surface area contributed by atoms with Gasteiger partial charge in [-0.05, 0) is 37.0 Å². The van der Waals surface area contributed by atoms with E-state index in [9.17, 15) is 19.7 Å². The molecule has 0 unspecified atom stereocenters. The molecule has 0 spiro atoms. The standard InChI is InChI=1S/C31H35N3O6/c1-22-9-8-12-24(17-22)20-33(30(35)21-40-26-15-16-27(34(37)38)29(19-26)39-2)28(18-23-10-4-3-5-11-23)31(36)32-25-13-6-7-14-25/h3-5,8-12,15-17,19,25,28H,6-7,13-14,18,20-21H2,1-2H3,(H,32,36)/t28-/m1/s1. The van der Waals surface area contributed by atoms with Gasteiger partial charge >= 0.3 is 5.69 Å². The maximum Gasteiger partial charge on any atom is 0.311 e. The summed E-state index contributed by atoms with van der Waals surface area (Å²) < 4.78 is 10.9. The number of carbonyl (C=O) groups excluding carboxylic acids is 2. The van der Waals surface area contributed by atoms with Crippen LogP contribution in [0.2, 0.25) is 0 Å². The lowest BCUT2D eigenvalue weighted by atomic mass is 10.0. The van der Waals surface area contributed by atoms with E-state index in [2.05, 4.69) is 5.32 Å². The van der Waals surface area contributed by atoms with Crippen molar-refractivity contribution in [1.82, 2.24) is 10.2 Å². The van der Waals surface area contributed by atoms with E-state index in [-0.39, 0.29) is 48.2 Å². The zero-order valence-corrected chi connectivity index (χ0v) is 22.9. The van der Waals surface area contributed by atoms with Gasteiger partial charge in [-0.25, -0.2) is 0 Å². The van der Waals surface area contributed by atoms with Gasteiger partial charge in [0.25, 0.3) is 5.91 Å². The number of nitro groups is 1. The van der Waals surface area contributed by atoms with E-state index in [1.165, 1.54) is 25.3 Å². The number of hydrogen-bond acceptors (Lipinski definition) is 6. The number of amides is 2. The Labute approximate surface area is 234 Å². The van der Waals surface area contributed by atoms with E-state index in [4.69, 9.17) is 9.47 Å². The Hall–Kier alpha value is -4.40. The second kappa shape index (κ2) is 13.6. The third kappa shape index (κ3) is 7.59. The third-order valence-corrected chi connectivity index (χ3v) is 7.12. The molecule has 0 heterocycles. The lowest BCUT2D eigenvalue weighted by Gasteiger charge is -2.32. The molecule has 0 radical (unpaired) electrons. The fourth-order valence-corrected chi connectivity index (χ4v) is 5.06. The number of aryl methyl sites for hydroxylation is 1. The van der Waals surface area contributed by atoms with E-state index in [1.807, 2.05) is 61.5 Å². The Morgan fingerprint density at radius 2 is 1.75 bits per heavy atom. The molecular formula is C31H35N3O6. The van der Waals surface area contributed by atoms with Crippen molar-refractivity contribution in [1.29, 1.82) is 0 Å². The first-order chi connectivity index (χ1) is 19.3. The minimum atomic E-state index is -0.758. The zero-order valence-electron chi connectivity index (χ0n) is 22.9. The van der Waals surface area contributed by atoms with Crippen LogP contribution in [0.1, 0.15) is 42.4 Å². The Bertz CT molecular complexity index is 1320. The van der Waals surface area contributed by atoms with Gasteiger partial charge in [0.2, 0.25) is 11.7 Å². The minimum absolute atomic E-state index is 0.0319. The van der Waals surface area contributed by atoms with Crippen molar-refractivity contribution in [2.45, 2.75) is 57.7 Å². The zero-order chi connectivity index (χ0) is 28.5. The summed E-state index contributed by atoms with van der Waals surface area (Å²) in [7, 11) is 1.33. The first kappa shape index (κ1) is 28.6.